The van der Waals surface area contributed by atoms with Gasteiger partial charge in [-0.2, -0.15) is 0 Å². The Labute approximate surface area is 135 Å². The van der Waals surface area contributed by atoms with Crippen LogP contribution >= 0.6 is 15.9 Å². The standard InChI is InChI=1S/C16H25BrFNO2/c1-3-7-19-15(6-8-21-10-9-20-2)11-13-4-5-14(17)12-16(13)18/h4-5,12,15,19H,3,6-11H2,1-2H3. The summed E-state index contributed by atoms with van der Waals surface area (Å²) >= 11 is 3.28. The lowest BCUT2D eigenvalue weighted by Gasteiger charge is -2.19. The van der Waals surface area contributed by atoms with Crippen LogP contribution in [-0.4, -0.2) is 39.5 Å². The van der Waals surface area contributed by atoms with Crippen LogP contribution in [0.5, 0.6) is 0 Å². The summed E-state index contributed by atoms with van der Waals surface area (Å²) in [6.45, 7) is 4.92. The van der Waals surface area contributed by atoms with Crippen molar-refractivity contribution in [3.63, 3.8) is 0 Å². The fraction of sp³-hybridized carbons (Fsp3) is 0.625. The second-order valence-electron chi connectivity index (χ2n) is 4.98. The third-order valence-corrected chi connectivity index (χ3v) is 3.70. The maximum absolute atomic E-state index is 13.9. The molecular weight excluding hydrogens is 337 g/mol. The van der Waals surface area contributed by atoms with Crippen molar-refractivity contribution in [3.8, 4) is 0 Å². The predicted octanol–water partition coefficient (Wildman–Crippen LogP) is 3.55. The van der Waals surface area contributed by atoms with E-state index in [0.717, 1.165) is 29.4 Å². The highest BCUT2D eigenvalue weighted by Gasteiger charge is 2.12. The third-order valence-electron chi connectivity index (χ3n) is 3.21. The zero-order chi connectivity index (χ0) is 15.5. The van der Waals surface area contributed by atoms with Crippen molar-refractivity contribution in [1.82, 2.24) is 5.32 Å². The van der Waals surface area contributed by atoms with Crippen molar-refractivity contribution in [2.75, 3.05) is 33.5 Å². The highest BCUT2D eigenvalue weighted by atomic mass is 79.9. The van der Waals surface area contributed by atoms with Crippen LogP contribution < -0.4 is 5.32 Å². The lowest BCUT2D eigenvalue weighted by Crippen LogP contribution is -2.33. The van der Waals surface area contributed by atoms with E-state index in [1.165, 1.54) is 6.07 Å². The van der Waals surface area contributed by atoms with Crippen molar-refractivity contribution in [2.24, 2.45) is 0 Å². The molecule has 1 aromatic carbocycles. The molecule has 0 aliphatic heterocycles. The van der Waals surface area contributed by atoms with E-state index in [-0.39, 0.29) is 11.9 Å². The summed E-state index contributed by atoms with van der Waals surface area (Å²) in [5, 5.41) is 3.46. The van der Waals surface area contributed by atoms with E-state index < -0.39 is 0 Å². The Kier molecular flexibility index (Phi) is 9.83. The number of nitrogens with one attached hydrogen (secondary N) is 1. The molecule has 0 bridgehead atoms. The largest absolute Gasteiger partial charge is 0.382 e. The number of ether oxygens (including phenoxy) is 2. The van der Waals surface area contributed by atoms with Crippen LogP contribution in [0.25, 0.3) is 0 Å². The van der Waals surface area contributed by atoms with Gasteiger partial charge in [0.25, 0.3) is 0 Å². The molecule has 0 saturated heterocycles. The van der Waals surface area contributed by atoms with Gasteiger partial charge in [0.2, 0.25) is 0 Å². The molecule has 0 amide bonds. The molecular formula is C16H25BrFNO2. The summed E-state index contributed by atoms with van der Waals surface area (Å²) in [6.07, 6.45) is 2.59. The minimum Gasteiger partial charge on any atom is -0.382 e. The highest BCUT2D eigenvalue weighted by Crippen LogP contribution is 2.17. The maximum atomic E-state index is 13.9. The third kappa shape index (κ3) is 7.90. The van der Waals surface area contributed by atoms with Crippen LogP contribution in [0.1, 0.15) is 25.3 Å². The smallest absolute Gasteiger partial charge is 0.127 e. The monoisotopic (exact) mass is 361 g/mol. The van der Waals surface area contributed by atoms with E-state index in [1.807, 2.05) is 12.1 Å². The van der Waals surface area contributed by atoms with Gasteiger partial charge in [-0.1, -0.05) is 28.9 Å². The molecule has 120 valence electrons. The number of halogens is 2. The van der Waals surface area contributed by atoms with Gasteiger partial charge in [-0.15, -0.1) is 0 Å². The second-order valence-corrected chi connectivity index (χ2v) is 5.90. The van der Waals surface area contributed by atoms with Crippen molar-refractivity contribution < 1.29 is 13.9 Å². The lowest BCUT2D eigenvalue weighted by molar-refractivity contribution is 0.0658. The number of methoxy groups -OCH3 is 1. The summed E-state index contributed by atoms with van der Waals surface area (Å²) in [4.78, 5) is 0. The van der Waals surface area contributed by atoms with Crippen LogP contribution in [0, 0.1) is 5.82 Å². The van der Waals surface area contributed by atoms with E-state index in [4.69, 9.17) is 9.47 Å². The SMILES string of the molecule is CCCNC(CCOCCOC)Cc1ccc(Br)cc1F. The average molecular weight is 362 g/mol. The van der Waals surface area contributed by atoms with Crippen molar-refractivity contribution in [3.05, 3.63) is 34.1 Å². The molecule has 0 heterocycles. The number of hydrogen-bond donors (Lipinski definition) is 1. The Balaban J connectivity index is 2.48. The summed E-state index contributed by atoms with van der Waals surface area (Å²) in [5.41, 5.74) is 0.740. The van der Waals surface area contributed by atoms with Gasteiger partial charge in [-0.3, -0.25) is 0 Å². The van der Waals surface area contributed by atoms with Crippen molar-refractivity contribution >= 4 is 15.9 Å². The maximum Gasteiger partial charge on any atom is 0.127 e. The molecule has 0 radical (unpaired) electrons. The molecule has 5 heteroatoms. The van der Waals surface area contributed by atoms with Gasteiger partial charge >= 0.3 is 0 Å². The van der Waals surface area contributed by atoms with E-state index in [2.05, 4.69) is 28.2 Å². The molecule has 0 fully saturated rings. The van der Waals surface area contributed by atoms with Crippen molar-refractivity contribution in [1.29, 1.82) is 0 Å². The average Bonchev–Trinajstić information content (AvgIpc) is 2.46. The number of hydrogen-bond acceptors (Lipinski definition) is 3. The van der Waals surface area contributed by atoms with Gasteiger partial charge in [0.05, 0.1) is 13.2 Å². The Morgan fingerprint density at radius 3 is 2.76 bits per heavy atom. The highest BCUT2D eigenvalue weighted by molar-refractivity contribution is 9.10. The van der Waals surface area contributed by atoms with Crippen LogP contribution in [0.2, 0.25) is 0 Å². The quantitative estimate of drug-likeness (QED) is 0.611. The first-order valence-corrected chi connectivity index (χ1v) is 8.20. The van der Waals surface area contributed by atoms with Gasteiger partial charge in [-0.05, 0) is 43.5 Å². The molecule has 0 aromatic heterocycles. The van der Waals surface area contributed by atoms with E-state index in [9.17, 15) is 4.39 Å². The van der Waals surface area contributed by atoms with Crippen molar-refractivity contribution in [2.45, 2.75) is 32.2 Å². The minimum atomic E-state index is -0.159. The first kappa shape index (κ1) is 18.6. The molecule has 3 nitrogen and oxygen atoms in total. The van der Waals surface area contributed by atoms with Crippen LogP contribution in [0.4, 0.5) is 4.39 Å². The summed E-state index contributed by atoms with van der Waals surface area (Å²) in [5.74, 6) is -0.159. The first-order chi connectivity index (χ1) is 10.2. The lowest BCUT2D eigenvalue weighted by atomic mass is 10.0. The molecule has 1 rings (SSSR count). The molecule has 1 aromatic rings. The molecule has 1 N–H and O–H groups in total. The first-order valence-electron chi connectivity index (χ1n) is 7.41. The Hall–Kier alpha value is -0.490. The molecule has 21 heavy (non-hydrogen) atoms. The number of benzene rings is 1. The molecule has 1 atom stereocenters. The molecule has 1 unspecified atom stereocenters. The molecule has 0 aliphatic rings. The van der Waals surface area contributed by atoms with Gasteiger partial charge in [-0.25, -0.2) is 4.39 Å². The van der Waals surface area contributed by atoms with Crippen LogP contribution in [-0.2, 0) is 15.9 Å². The Morgan fingerprint density at radius 1 is 1.29 bits per heavy atom. The zero-order valence-electron chi connectivity index (χ0n) is 12.8. The molecule has 0 spiro atoms. The molecule has 0 aliphatic carbocycles. The minimum absolute atomic E-state index is 0.159. The van der Waals surface area contributed by atoms with Crippen LogP contribution in [0.15, 0.2) is 22.7 Å². The summed E-state index contributed by atoms with van der Waals surface area (Å²) in [6, 6.07) is 5.46. The van der Waals surface area contributed by atoms with E-state index in [0.29, 0.717) is 26.2 Å². The van der Waals surface area contributed by atoms with Gasteiger partial charge in [0, 0.05) is 24.2 Å². The fourth-order valence-corrected chi connectivity index (χ4v) is 2.38. The topological polar surface area (TPSA) is 30.5 Å². The van der Waals surface area contributed by atoms with Gasteiger partial charge in [0.15, 0.2) is 0 Å². The Bertz CT molecular complexity index is 404. The normalized spacial score (nSPS) is 12.6. The van der Waals surface area contributed by atoms with E-state index in [1.54, 1.807) is 7.11 Å². The summed E-state index contributed by atoms with van der Waals surface area (Å²) in [7, 11) is 1.66. The van der Waals surface area contributed by atoms with Gasteiger partial charge < -0.3 is 14.8 Å². The Morgan fingerprint density at radius 2 is 2.10 bits per heavy atom. The number of rotatable bonds is 11. The van der Waals surface area contributed by atoms with Gasteiger partial charge in [0.1, 0.15) is 5.82 Å². The van der Waals surface area contributed by atoms with E-state index >= 15 is 0 Å². The predicted molar refractivity (Wildman–Crippen MR) is 87.2 cm³/mol. The fourth-order valence-electron chi connectivity index (χ4n) is 2.05. The summed E-state index contributed by atoms with van der Waals surface area (Å²) < 4.78 is 25.1. The van der Waals surface area contributed by atoms with Crippen LogP contribution in [0.3, 0.4) is 0 Å². The molecule has 0 saturated carbocycles. The second kappa shape index (κ2) is 11.1. The zero-order valence-corrected chi connectivity index (χ0v) is 14.4.